The Morgan fingerprint density at radius 3 is 2.42 bits per heavy atom. The number of amides is 1. The van der Waals surface area contributed by atoms with Crippen LogP contribution in [0.1, 0.15) is 16.1 Å². The Balaban J connectivity index is 2.09. The minimum atomic E-state index is -0.388. The molecule has 0 spiro atoms. The lowest BCUT2D eigenvalue weighted by Crippen LogP contribution is -2.16. The molecule has 19 heavy (non-hydrogen) atoms. The van der Waals surface area contributed by atoms with E-state index in [1.54, 1.807) is 30.3 Å². The van der Waals surface area contributed by atoms with Gasteiger partial charge in [-0.15, -0.1) is 10.2 Å². The van der Waals surface area contributed by atoms with Crippen LogP contribution < -0.4 is 16.6 Å². The summed E-state index contributed by atoms with van der Waals surface area (Å²) in [5, 5.41) is 18.7. The van der Waals surface area contributed by atoms with E-state index < -0.39 is 0 Å². The molecule has 0 saturated heterocycles. The molecule has 1 amide bonds. The van der Waals surface area contributed by atoms with Gasteiger partial charge < -0.3 is 10.7 Å². The van der Waals surface area contributed by atoms with E-state index in [4.69, 9.17) is 11.1 Å². The first-order valence-corrected chi connectivity index (χ1v) is 5.35. The van der Waals surface area contributed by atoms with E-state index in [0.717, 1.165) is 0 Å². The lowest BCUT2D eigenvalue weighted by atomic mass is 10.2. The average molecular weight is 254 g/mol. The number of aromatic nitrogens is 2. The van der Waals surface area contributed by atoms with Gasteiger partial charge in [0.2, 0.25) is 0 Å². The van der Waals surface area contributed by atoms with Crippen molar-refractivity contribution in [2.24, 2.45) is 5.84 Å². The molecule has 0 fully saturated rings. The number of hydrazine groups is 1. The quantitative estimate of drug-likeness (QED) is 0.553. The molecule has 1 aromatic carbocycles. The Morgan fingerprint density at radius 1 is 1.16 bits per heavy atom. The smallest absolute Gasteiger partial charge is 0.276 e. The molecule has 1 heterocycles. The number of nitrogens with two attached hydrogens (primary N) is 1. The predicted molar refractivity (Wildman–Crippen MR) is 69.0 cm³/mol. The molecule has 0 aliphatic rings. The monoisotopic (exact) mass is 254 g/mol. The average Bonchev–Trinajstić information content (AvgIpc) is 2.48. The zero-order chi connectivity index (χ0) is 13.7. The second-order valence-electron chi connectivity index (χ2n) is 3.59. The Kier molecular flexibility index (Phi) is 3.66. The first-order chi connectivity index (χ1) is 9.22. The van der Waals surface area contributed by atoms with Crippen LogP contribution in [0.25, 0.3) is 0 Å². The van der Waals surface area contributed by atoms with Gasteiger partial charge in [0.25, 0.3) is 5.91 Å². The van der Waals surface area contributed by atoms with Gasteiger partial charge >= 0.3 is 0 Å². The summed E-state index contributed by atoms with van der Waals surface area (Å²) < 4.78 is 0. The molecule has 7 heteroatoms. The third kappa shape index (κ3) is 3.02. The Hall–Kier alpha value is -2.98. The van der Waals surface area contributed by atoms with Gasteiger partial charge in [-0.25, -0.2) is 5.84 Å². The van der Waals surface area contributed by atoms with Crippen LogP contribution in [0, 0.1) is 11.3 Å². The highest BCUT2D eigenvalue weighted by Crippen LogP contribution is 2.10. The van der Waals surface area contributed by atoms with Crippen LogP contribution in [0.5, 0.6) is 0 Å². The number of rotatable bonds is 3. The number of nitrogen functional groups attached to an aromatic ring is 1. The number of anilines is 2. The SMILES string of the molecule is N#Cc1ccc(NC(=O)c2ccc(NN)nn2)cc1. The number of hydrogen-bond acceptors (Lipinski definition) is 6. The summed E-state index contributed by atoms with van der Waals surface area (Å²) in [6.45, 7) is 0. The third-order valence-electron chi connectivity index (χ3n) is 2.32. The van der Waals surface area contributed by atoms with Crippen molar-refractivity contribution in [3.63, 3.8) is 0 Å². The summed E-state index contributed by atoms with van der Waals surface area (Å²) in [7, 11) is 0. The van der Waals surface area contributed by atoms with Crippen molar-refractivity contribution in [3.8, 4) is 6.07 Å². The van der Waals surface area contributed by atoms with E-state index in [0.29, 0.717) is 17.1 Å². The number of benzene rings is 1. The van der Waals surface area contributed by atoms with Crippen LogP contribution in [0.2, 0.25) is 0 Å². The van der Waals surface area contributed by atoms with Gasteiger partial charge in [0.1, 0.15) is 0 Å². The summed E-state index contributed by atoms with van der Waals surface area (Å²) in [4.78, 5) is 11.8. The largest absolute Gasteiger partial charge is 0.321 e. The zero-order valence-electron chi connectivity index (χ0n) is 9.79. The Bertz CT molecular complexity index is 614. The molecule has 0 aliphatic carbocycles. The van der Waals surface area contributed by atoms with Gasteiger partial charge in [-0.3, -0.25) is 4.79 Å². The molecule has 0 bridgehead atoms. The Morgan fingerprint density at radius 2 is 1.89 bits per heavy atom. The van der Waals surface area contributed by atoms with Crippen molar-refractivity contribution >= 4 is 17.4 Å². The molecular formula is C12H10N6O. The van der Waals surface area contributed by atoms with Crippen molar-refractivity contribution in [1.82, 2.24) is 10.2 Å². The fourth-order valence-electron chi connectivity index (χ4n) is 1.35. The van der Waals surface area contributed by atoms with Gasteiger partial charge in [-0.2, -0.15) is 5.26 Å². The number of nitriles is 1. The lowest BCUT2D eigenvalue weighted by Gasteiger charge is -2.04. The normalized spacial score (nSPS) is 9.47. The molecule has 7 nitrogen and oxygen atoms in total. The molecule has 0 radical (unpaired) electrons. The van der Waals surface area contributed by atoms with Crippen molar-refractivity contribution < 1.29 is 4.79 Å². The molecular weight excluding hydrogens is 244 g/mol. The van der Waals surface area contributed by atoms with E-state index in [2.05, 4.69) is 20.9 Å². The Labute approximate surface area is 109 Å². The molecule has 0 atom stereocenters. The highest BCUT2D eigenvalue weighted by atomic mass is 16.1. The zero-order valence-corrected chi connectivity index (χ0v) is 9.79. The van der Waals surface area contributed by atoms with Crippen LogP contribution in [0.3, 0.4) is 0 Å². The van der Waals surface area contributed by atoms with Crippen LogP contribution in [0.4, 0.5) is 11.5 Å². The standard InChI is InChI=1S/C12H10N6O/c13-7-8-1-3-9(4-2-8)15-12(19)10-5-6-11(16-14)18-17-10/h1-6H,14H2,(H,15,19)(H,16,18). The molecule has 0 saturated carbocycles. The van der Waals surface area contributed by atoms with Crippen LogP contribution in [-0.2, 0) is 0 Å². The van der Waals surface area contributed by atoms with Gasteiger partial charge in [-0.05, 0) is 36.4 Å². The molecule has 2 aromatic rings. The van der Waals surface area contributed by atoms with E-state index in [1.807, 2.05) is 6.07 Å². The molecule has 0 aliphatic heterocycles. The van der Waals surface area contributed by atoms with E-state index in [1.165, 1.54) is 6.07 Å². The third-order valence-corrected chi connectivity index (χ3v) is 2.32. The molecule has 1 aromatic heterocycles. The number of nitrogens with zero attached hydrogens (tertiary/aromatic N) is 3. The van der Waals surface area contributed by atoms with Crippen molar-refractivity contribution in [2.75, 3.05) is 10.7 Å². The van der Waals surface area contributed by atoms with Gasteiger partial charge in [0.15, 0.2) is 11.5 Å². The maximum absolute atomic E-state index is 11.8. The van der Waals surface area contributed by atoms with Crippen LogP contribution in [0.15, 0.2) is 36.4 Å². The fourth-order valence-corrected chi connectivity index (χ4v) is 1.35. The molecule has 0 unspecified atom stereocenters. The summed E-state index contributed by atoms with van der Waals surface area (Å²) in [6.07, 6.45) is 0. The van der Waals surface area contributed by atoms with Crippen molar-refractivity contribution in [1.29, 1.82) is 5.26 Å². The molecule has 4 N–H and O–H groups in total. The number of nitrogens with one attached hydrogen (secondary N) is 2. The highest BCUT2D eigenvalue weighted by Gasteiger charge is 2.08. The molecule has 94 valence electrons. The summed E-state index contributed by atoms with van der Waals surface area (Å²) in [5.41, 5.74) is 3.59. The van der Waals surface area contributed by atoms with Gasteiger partial charge in [0, 0.05) is 5.69 Å². The lowest BCUT2D eigenvalue weighted by molar-refractivity contribution is 0.102. The van der Waals surface area contributed by atoms with Crippen LogP contribution >= 0.6 is 0 Å². The second-order valence-corrected chi connectivity index (χ2v) is 3.59. The molecule has 2 rings (SSSR count). The fraction of sp³-hybridized carbons (Fsp3) is 0. The van der Waals surface area contributed by atoms with Gasteiger partial charge in [-0.1, -0.05) is 0 Å². The van der Waals surface area contributed by atoms with Crippen LogP contribution in [-0.4, -0.2) is 16.1 Å². The predicted octanol–water partition coefficient (Wildman–Crippen LogP) is 0.886. The van der Waals surface area contributed by atoms with E-state index in [9.17, 15) is 4.79 Å². The second kappa shape index (κ2) is 5.57. The summed E-state index contributed by atoms with van der Waals surface area (Å²) in [5.74, 6) is 5.13. The van der Waals surface area contributed by atoms with E-state index >= 15 is 0 Å². The number of carbonyl (C=O) groups excluding carboxylic acids is 1. The highest BCUT2D eigenvalue weighted by molar-refractivity contribution is 6.02. The maximum Gasteiger partial charge on any atom is 0.276 e. The maximum atomic E-state index is 11.8. The minimum Gasteiger partial charge on any atom is -0.321 e. The summed E-state index contributed by atoms with van der Waals surface area (Å²) >= 11 is 0. The topological polar surface area (TPSA) is 117 Å². The van der Waals surface area contributed by atoms with Crippen molar-refractivity contribution in [3.05, 3.63) is 47.7 Å². The number of hydrogen-bond donors (Lipinski definition) is 3. The first kappa shape index (κ1) is 12.5. The first-order valence-electron chi connectivity index (χ1n) is 5.35. The van der Waals surface area contributed by atoms with E-state index in [-0.39, 0.29) is 11.6 Å². The van der Waals surface area contributed by atoms with Crippen molar-refractivity contribution in [2.45, 2.75) is 0 Å². The summed E-state index contributed by atoms with van der Waals surface area (Å²) in [6, 6.07) is 11.5. The minimum absolute atomic E-state index is 0.170. The number of carbonyl (C=O) groups is 1. The van der Waals surface area contributed by atoms with Gasteiger partial charge in [0.05, 0.1) is 11.6 Å².